The van der Waals surface area contributed by atoms with E-state index >= 15 is 0 Å². The van der Waals surface area contributed by atoms with Crippen molar-refractivity contribution in [2.45, 2.75) is 58.7 Å². The zero-order valence-electron chi connectivity index (χ0n) is 13.0. The maximum absolute atomic E-state index is 12.4. The van der Waals surface area contributed by atoms with Crippen LogP contribution in [0.5, 0.6) is 11.5 Å². The molecule has 0 aliphatic carbocycles. The highest BCUT2D eigenvalue weighted by Crippen LogP contribution is 2.29. The van der Waals surface area contributed by atoms with Gasteiger partial charge >= 0.3 is 6.61 Å². The average molecular weight is 301 g/mol. The van der Waals surface area contributed by atoms with E-state index in [1.165, 1.54) is 26.4 Å². The Bertz CT molecular complexity index is 413. The molecular formula is C16H25F2NO2. The molecule has 1 N–H and O–H groups in total. The van der Waals surface area contributed by atoms with Crippen LogP contribution in [0.3, 0.4) is 0 Å². The second-order valence-corrected chi connectivity index (χ2v) is 5.14. The zero-order valence-corrected chi connectivity index (χ0v) is 13.0. The Balaban J connectivity index is 2.55. The molecule has 1 unspecified atom stereocenters. The zero-order chi connectivity index (χ0) is 15.7. The van der Waals surface area contributed by atoms with E-state index in [2.05, 4.69) is 23.9 Å². The molecule has 0 fully saturated rings. The molecule has 0 bridgehead atoms. The summed E-state index contributed by atoms with van der Waals surface area (Å²) < 4.78 is 34.2. The highest BCUT2D eigenvalue weighted by atomic mass is 19.3. The van der Waals surface area contributed by atoms with Gasteiger partial charge in [-0.05, 0) is 31.0 Å². The summed E-state index contributed by atoms with van der Waals surface area (Å²) in [5.41, 5.74) is 0.897. The fraction of sp³-hybridized carbons (Fsp3) is 0.625. The van der Waals surface area contributed by atoms with Gasteiger partial charge < -0.3 is 14.8 Å². The van der Waals surface area contributed by atoms with Crippen LogP contribution in [-0.2, 0) is 6.54 Å². The molecule has 0 aromatic heterocycles. The standard InChI is InChI=1S/C16H25F2NO2/c1-4-5-6-7-12(2)19-11-13-8-9-14(20-3)15(10-13)21-16(17)18/h8-10,12,16,19H,4-7,11H2,1-3H3. The van der Waals surface area contributed by atoms with Gasteiger partial charge in [0.1, 0.15) is 0 Å². The number of methoxy groups -OCH3 is 1. The molecule has 0 amide bonds. The lowest BCUT2D eigenvalue weighted by atomic mass is 10.1. The van der Waals surface area contributed by atoms with Crippen LogP contribution in [0.1, 0.15) is 45.1 Å². The summed E-state index contributed by atoms with van der Waals surface area (Å²) >= 11 is 0. The van der Waals surface area contributed by atoms with E-state index < -0.39 is 6.61 Å². The van der Waals surface area contributed by atoms with Crippen molar-refractivity contribution < 1.29 is 18.3 Å². The number of rotatable bonds is 10. The van der Waals surface area contributed by atoms with Gasteiger partial charge in [0, 0.05) is 12.6 Å². The highest BCUT2D eigenvalue weighted by molar-refractivity contribution is 5.42. The van der Waals surface area contributed by atoms with Crippen LogP contribution < -0.4 is 14.8 Å². The normalized spacial score (nSPS) is 12.5. The number of nitrogens with one attached hydrogen (secondary N) is 1. The molecular weight excluding hydrogens is 276 g/mol. The first-order valence-corrected chi connectivity index (χ1v) is 7.42. The number of hydrogen-bond donors (Lipinski definition) is 1. The molecule has 5 heteroatoms. The van der Waals surface area contributed by atoms with Crippen molar-refractivity contribution in [1.82, 2.24) is 5.32 Å². The monoisotopic (exact) mass is 301 g/mol. The van der Waals surface area contributed by atoms with Gasteiger partial charge in [0.05, 0.1) is 7.11 Å². The van der Waals surface area contributed by atoms with Crippen molar-refractivity contribution in [3.63, 3.8) is 0 Å². The third-order valence-electron chi connectivity index (χ3n) is 3.34. The van der Waals surface area contributed by atoms with Crippen molar-refractivity contribution in [3.05, 3.63) is 23.8 Å². The second kappa shape index (κ2) is 9.55. The van der Waals surface area contributed by atoms with E-state index in [1.54, 1.807) is 12.1 Å². The van der Waals surface area contributed by atoms with Gasteiger partial charge in [0.15, 0.2) is 11.5 Å². The third-order valence-corrected chi connectivity index (χ3v) is 3.34. The maximum Gasteiger partial charge on any atom is 0.387 e. The number of ether oxygens (including phenoxy) is 2. The van der Waals surface area contributed by atoms with Gasteiger partial charge in [-0.2, -0.15) is 8.78 Å². The summed E-state index contributed by atoms with van der Waals surface area (Å²) in [6.07, 6.45) is 4.76. The molecule has 0 aliphatic rings. The Labute approximate surface area is 125 Å². The topological polar surface area (TPSA) is 30.5 Å². The molecule has 1 rings (SSSR count). The number of alkyl halides is 2. The minimum absolute atomic E-state index is 0.0745. The van der Waals surface area contributed by atoms with Crippen molar-refractivity contribution in [1.29, 1.82) is 0 Å². The van der Waals surface area contributed by atoms with Gasteiger partial charge in [-0.3, -0.25) is 0 Å². The van der Waals surface area contributed by atoms with Gasteiger partial charge in [0.2, 0.25) is 0 Å². The minimum Gasteiger partial charge on any atom is -0.493 e. The Morgan fingerprint density at radius 2 is 1.95 bits per heavy atom. The summed E-state index contributed by atoms with van der Waals surface area (Å²) in [6, 6.07) is 5.49. The summed E-state index contributed by atoms with van der Waals surface area (Å²) in [4.78, 5) is 0. The van der Waals surface area contributed by atoms with Crippen LogP contribution in [0.15, 0.2) is 18.2 Å². The predicted molar refractivity (Wildman–Crippen MR) is 80.1 cm³/mol. The van der Waals surface area contributed by atoms with Crippen LogP contribution in [-0.4, -0.2) is 19.8 Å². The maximum atomic E-state index is 12.4. The molecule has 0 spiro atoms. The van der Waals surface area contributed by atoms with Gasteiger partial charge in [-0.1, -0.05) is 32.3 Å². The fourth-order valence-corrected chi connectivity index (χ4v) is 2.11. The SMILES string of the molecule is CCCCCC(C)NCc1ccc(OC)c(OC(F)F)c1. The highest BCUT2D eigenvalue weighted by Gasteiger charge is 2.11. The van der Waals surface area contributed by atoms with Crippen molar-refractivity contribution in [3.8, 4) is 11.5 Å². The van der Waals surface area contributed by atoms with Crippen LogP contribution in [0.4, 0.5) is 8.78 Å². The molecule has 0 heterocycles. The Morgan fingerprint density at radius 1 is 1.19 bits per heavy atom. The van der Waals surface area contributed by atoms with Gasteiger partial charge in [-0.25, -0.2) is 0 Å². The van der Waals surface area contributed by atoms with Crippen molar-refractivity contribution in [2.75, 3.05) is 7.11 Å². The lowest BCUT2D eigenvalue weighted by Crippen LogP contribution is -2.25. The van der Waals surface area contributed by atoms with E-state index in [0.717, 1.165) is 12.0 Å². The first kappa shape index (κ1) is 17.7. The van der Waals surface area contributed by atoms with Crippen molar-refractivity contribution in [2.24, 2.45) is 0 Å². The quantitative estimate of drug-likeness (QED) is 0.652. The lowest BCUT2D eigenvalue weighted by molar-refractivity contribution is -0.0512. The van der Waals surface area contributed by atoms with Crippen LogP contribution >= 0.6 is 0 Å². The summed E-state index contributed by atoms with van der Waals surface area (Å²) in [6.45, 7) is 2.09. The van der Waals surface area contributed by atoms with E-state index in [9.17, 15) is 8.78 Å². The van der Waals surface area contributed by atoms with Crippen molar-refractivity contribution >= 4 is 0 Å². The summed E-state index contributed by atoms with van der Waals surface area (Å²) in [7, 11) is 1.43. The van der Waals surface area contributed by atoms with Gasteiger partial charge in [-0.15, -0.1) is 0 Å². The van der Waals surface area contributed by atoms with E-state index in [0.29, 0.717) is 18.3 Å². The molecule has 1 aromatic rings. The molecule has 120 valence electrons. The molecule has 0 saturated heterocycles. The molecule has 1 atom stereocenters. The molecule has 1 aromatic carbocycles. The number of hydrogen-bond acceptors (Lipinski definition) is 3. The minimum atomic E-state index is -2.85. The number of benzene rings is 1. The Hall–Kier alpha value is -1.36. The molecule has 0 aliphatic heterocycles. The molecule has 3 nitrogen and oxygen atoms in total. The summed E-state index contributed by atoms with van der Waals surface area (Å²) in [5.74, 6) is 0.389. The largest absolute Gasteiger partial charge is 0.493 e. The second-order valence-electron chi connectivity index (χ2n) is 5.14. The van der Waals surface area contributed by atoms with Gasteiger partial charge in [0.25, 0.3) is 0 Å². The Morgan fingerprint density at radius 3 is 2.57 bits per heavy atom. The smallest absolute Gasteiger partial charge is 0.387 e. The van der Waals surface area contributed by atoms with E-state index in [-0.39, 0.29) is 5.75 Å². The average Bonchev–Trinajstić information content (AvgIpc) is 2.45. The summed E-state index contributed by atoms with van der Waals surface area (Å²) in [5, 5.41) is 3.39. The molecule has 0 saturated carbocycles. The third kappa shape index (κ3) is 6.76. The number of halogens is 2. The van der Waals surface area contributed by atoms with E-state index in [1.807, 2.05) is 6.07 Å². The first-order valence-electron chi connectivity index (χ1n) is 7.42. The van der Waals surface area contributed by atoms with E-state index in [4.69, 9.17) is 4.74 Å². The fourth-order valence-electron chi connectivity index (χ4n) is 2.11. The van der Waals surface area contributed by atoms with Crippen LogP contribution in [0.2, 0.25) is 0 Å². The first-order chi connectivity index (χ1) is 10.1. The van der Waals surface area contributed by atoms with Crippen LogP contribution in [0.25, 0.3) is 0 Å². The molecule has 0 radical (unpaired) electrons. The predicted octanol–water partition coefficient (Wildman–Crippen LogP) is 4.36. The van der Waals surface area contributed by atoms with Crippen LogP contribution in [0, 0.1) is 0 Å². The molecule has 21 heavy (non-hydrogen) atoms. The lowest BCUT2D eigenvalue weighted by Gasteiger charge is -2.15. The Kier molecular flexibility index (Phi) is 8.05. The number of unbranched alkanes of at least 4 members (excludes halogenated alkanes) is 2.